The molecule has 0 aromatic heterocycles. The Bertz CT molecular complexity index is 3600. The second-order valence-corrected chi connectivity index (χ2v) is 56.7. The molecule has 0 amide bonds. The van der Waals surface area contributed by atoms with Crippen LogP contribution in [0.4, 0.5) is 0 Å². The molecule has 9 heterocycles. The minimum absolute atomic E-state index is 0.00704. The van der Waals surface area contributed by atoms with E-state index in [4.69, 9.17) is 34.2 Å². The van der Waals surface area contributed by atoms with Crippen LogP contribution in [0, 0.1) is 48.7 Å². The molecule has 9 aliphatic heterocycles. The zero-order valence-corrected chi connectivity index (χ0v) is 96.4. The lowest BCUT2D eigenvalue weighted by Gasteiger charge is -2.65. The van der Waals surface area contributed by atoms with Gasteiger partial charge in [-0.1, -0.05) is 138 Å². The monoisotopic (exact) mass is 1780 g/mol. The first kappa shape index (κ1) is 117. The van der Waals surface area contributed by atoms with Gasteiger partial charge in [-0.25, -0.2) is 9.98 Å². The van der Waals surface area contributed by atoms with Crippen LogP contribution in [0.1, 0.15) is 415 Å². The van der Waals surface area contributed by atoms with E-state index in [2.05, 4.69) is 496 Å². The van der Waals surface area contributed by atoms with Crippen LogP contribution in [0.25, 0.3) is 0 Å². The summed E-state index contributed by atoms with van der Waals surface area (Å²) in [7, 11) is 12.7. The fourth-order valence-electron chi connectivity index (χ4n) is 17.9. The molecule has 0 aromatic rings. The van der Waals surface area contributed by atoms with Gasteiger partial charge in [0.1, 0.15) is 16.8 Å². The normalized spacial score (nSPS) is 28.9. The van der Waals surface area contributed by atoms with E-state index in [0.717, 1.165) is 35.2 Å². The third-order valence-electron chi connectivity index (χ3n) is 39.9. The van der Waals surface area contributed by atoms with E-state index in [9.17, 15) is 0 Å². The first-order valence-electron chi connectivity index (χ1n) is 46.1. The van der Waals surface area contributed by atoms with Crippen LogP contribution in [-0.2, 0) is 14.2 Å². The molecule has 720 valence electrons. The van der Waals surface area contributed by atoms with Gasteiger partial charge in [-0.15, -0.1) is 35.3 Å². The van der Waals surface area contributed by atoms with Gasteiger partial charge in [0.05, 0.1) is 65.8 Å². The van der Waals surface area contributed by atoms with Crippen molar-refractivity contribution in [1.82, 2.24) is 29.4 Å². The van der Waals surface area contributed by atoms with Gasteiger partial charge in [0.2, 0.25) is 0 Å². The maximum Gasteiger partial charge on any atom is 0.182 e. The molecule has 15 nitrogen and oxygen atoms in total. The molecule has 0 atom stereocenters. The van der Waals surface area contributed by atoms with Crippen LogP contribution in [0.3, 0.4) is 0 Å². The summed E-state index contributed by atoms with van der Waals surface area (Å²) in [6.07, 6.45) is 0. The van der Waals surface area contributed by atoms with Crippen LogP contribution in [-0.4, -0.2) is 203 Å². The van der Waals surface area contributed by atoms with Crippen molar-refractivity contribution in [2.24, 2.45) is 78.7 Å². The predicted octanol–water partition coefficient (Wildman–Crippen LogP) is 29.0. The highest BCUT2D eigenvalue weighted by Crippen LogP contribution is 2.61. The Labute approximate surface area is 777 Å². The molecular formula is C105H204N12O3S3. The largest absolute Gasteiger partial charge is 0.475 e. The number of ether oxygens (including phenoxy) is 3. The highest BCUT2D eigenvalue weighted by Gasteiger charge is 2.62. The minimum atomic E-state index is -0.180. The van der Waals surface area contributed by atoms with E-state index in [1.54, 1.807) is 0 Å². The Balaban J connectivity index is 0.000000692. The molecule has 3 saturated heterocycles. The Morgan fingerprint density at radius 2 is 0.439 bits per heavy atom. The summed E-state index contributed by atoms with van der Waals surface area (Å²) in [5.41, 5.74) is 1.58. The van der Waals surface area contributed by atoms with Crippen LogP contribution >= 0.6 is 35.3 Å². The lowest BCUT2D eigenvalue weighted by atomic mass is 9.60. The van der Waals surface area contributed by atoms with E-state index in [-0.39, 0.29) is 146 Å². The molecule has 0 aliphatic carbocycles. The van der Waals surface area contributed by atoms with E-state index >= 15 is 0 Å². The van der Waals surface area contributed by atoms with Crippen molar-refractivity contribution in [3.05, 3.63) is 36.5 Å². The van der Waals surface area contributed by atoms with Crippen molar-refractivity contribution < 1.29 is 14.2 Å². The number of hydrogen-bond donors (Lipinski definition) is 0. The molecule has 9 rings (SSSR count). The number of amidine groups is 2. The second-order valence-electron chi connectivity index (χ2n) is 51.4. The number of rotatable bonds is 0. The smallest absolute Gasteiger partial charge is 0.182 e. The van der Waals surface area contributed by atoms with Gasteiger partial charge >= 0.3 is 0 Å². The van der Waals surface area contributed by atoms with Crippen molar-refractivity contribution in [2.75, 3.05) is 42.3 Å². The van der Waals surface area contributed by atoms with Crippen molar-refractivity contribution in [1.29, 1.82) is 0 Å². The Kier molecular flexibility index (Phi) is 33.6. The lowest BCUT2D eigenvalue weighted by Crippen LogP contribution is -2.71. The second kappa shape index (κ2) is 35.2. The number of nitrogens with zero attached hydrogens (tertiary/aromatic N) is 12. The molecule has 0 unspecified atom stereocenters. The van der Waals surface area contributed by atoms with E-state index in [1.807, 2.05) is 56.2 Å². The van der Waals surface area contributed by atoms with Crippen molar-refractivity contribution in [3.63, 3.8) is 0 Å². The Hall–Kier alpha value is -3.51. The molecule has 0 N–H and O–H groups in total. The van der Waals surface area contributed by atoms with Gasteiger partial charge in [-0.05, 0) is 284 Å². The molecule has 123 heavy (non-hydrogen) atoms. The Morgan fingerprint density at radius 3 is 0.699 bits per heavy atom. The SMILES string of the molecule is C=C1N(C)C(C)(C)C(C)(C)C(C)(C)N1C.C=C1OC(C)(C)C(C)(C)C(C)(C)N1C.C=C1SC(C)(C)C(C)(C)C(C)(C)N1C.CC1=NC(C)(C)C(C)(C)C(C)(C)N1C.CC1=NC(C)(C)C(C)(C)C(C)(C)N1C.CC1=NC(C)(C)C(C)(C)C(C)(C)O1.CC1=NC(C)(C)C(C)(C)C(C)(C)O1.CC1=NC(C)(C)C(C)(C)C(C)(C)S1.CC1=NC(C)(C)C(C)(C)C(C)(C)S1. The standard InChI is InChI=1S/C13H26N2.2C12H24N2.C12H23NO.C12H23NS.2C11H21NO.2C11H21NS/c1-10-14(8)12(4,5)11(2,3)13(6,7)15(10)9;2*1-9-13-11(4,5)10(2,3)12(6,7)14(9)8;2*1-9-13(8)11(4,5)10(2,3)12(6,7)14-9;4*1-8-12-10(4,5)9(2,3)11(6,7)13-8/h1H2,2-9H3;2*1-8H3;2*1H2,2-8H3;4*1-7H3. The van der Waals surface area contributed by atoms with Crippen LogP contribution in [0.15, 0.2) is 66.4 Å². The topological polar surface area (TPSA) is 121 Å². The fraction of sp³-hybridized carbons (Fsp3) is 0.886. The van der Waals surface area contributed by atoms with E-state index < -0.39 is 0 Å². The zero-order chi connectivity index (χ0) is 99.6. The summed E-state index contributed by atoms with van der Waals surface area (Å²) in [5.74, 6) is 5.74. The molecule has 0 saturated carbocycles. The van der Waals surface area contributed by atoms with Gasteiger partial charge in [0.15, 0.2) is 17.7 Å². The molecule has 0 radical (unpaired) electrons. The van der Waals surface area contributed by atoms with Crippen LogP contribution in [0.5, 0.6) is 0 Å². The summed E-state index contributed by atoms with van der Waals surface area (Å²) in [5, 5.41) is 3.61. The molecule has 0 spiro atoms. The first-order chi connectivity index (χ1) is 53.0. The average Bonchev–Trinajstić information content (AvgIpc) is 0.765. The molecule has 9 aliphatic rings. The lowest BCUT2D eigenvalue weighted by molar-refractivity contribution is -0.195. The Morgan fingerprint density at radius 1 is 0.220 bits per heavy atom. The summed E-state index contributed by atoms with van der Waals surface area (Å²) in [4.78, 5) is 41.8. The van der Waals surface area contributed by atoms with Gasteiger partial charge in [-0.3, -0.25) is 20.0 Å². The van der Waals surface area contributed by atoms with Gasteiger partial charge in [0, 0.05) is 152 Å². The van der Waals surface area contributed by atoms with Gasteiger partial charge < -0.3 is 43.6 Å². The first-order valence-corrected chi connectivity index (χ1v) is 48.5. The minimum Gasteiger partial charge on any atom is -0.475 e. The average molecular weight is 1780 g/mol. The maximum atomic E-state index is 5.87. The van der Waals surface area contributed by atoms with Crippen molar-refractivity contribution in [2.45, 2.75) is 513 Å². The van der Waals surface area contributed by atoms with Gasteiger partial charge in [-0.2, -0.15) is 0 Å². The highest BCUT2D eigenvalue weighted by molar-refractivity contribution is 8.15. The maximum absolute atomic E-state index is 5.87. The number of hydrogen-bond acceptors (Lipinski definition) is 18. The third kappa shape index (κ3) is 20.7. The molecular weight excluding hydrogens is 1570 g/mol. The summed E-state index contributed by atoms with van der Waals surface area (Å²) in [6, 6.07) is 0. The van der Waals surface area contributed by atoms with Crippen LogP contribution < -0.4 is 0 Å². The summed E-state index contributed by atoms with van der Waals surface area (Å²) in [6.45, 7) is 146. The van der Waals surface area contributed by atoms with Gasteiger partial charge in [0.25, 0.3) is 0 Å². The summed E-state index contributed by atoms with van der Waals surface area (Å²) >= 11 is 5.70. The third-order valence-corrected chi connectivity index (χ3v) is 44.2. The van der Waals surface area contributed by atoms with E-state index in [0.29, 0.717) is 0 Å². The quantitative estimate of drug-likeness (QED) is 0.230. The van der Waals surface area contributed by atoms with E-state index in [1.165, 1.54) is 15.1 Å². The zero-order valence-electron chi connectivity index (χ0n) is 93.9. The fourth-order valence-corrected chi connectivity index (χ4v) is 22.4. The molecule has 18 heteroatoms. The molecule has 0 aromatic carbocycles. The predicted molar refractivity (Wildman–Crippen MR) is 556 cm³/mol. The van der Waals surface area contributed by atoms with Crippen molar-refractivity contribution in [3.8, 4) is 0 Å². The van der Waals surface area contributed by atoms with Crippen LogP contribution in [0.2, 0.25) is 0 Å². The molecule has 0 bridgehead atoms. The van der Waals surface area contributed by atoms with Crippen molar-refractivity contribution >= 4 is 68.8 Å². The number of aliphatic imine (C=N–C) groups is 6. The summed E-state index contributed by atoms with van der Waals surface area (Å²) < 4.78 is 18.2. The number of thioether (sulfide) groups is 3. The highest BCUT2D eigenvalue weighted by atomic mass is 32.2. The molecule has 3 fully saturated rings.